The second kappa shape index (κ2) is 4.77. The standard InChI is InChI=1S/C18H25NO2/c1-17(2,3)19-9-8-13-11-20-16-14(13)7-6-12-10-18(4,5)21-15(12)16/h6-7,11,19H,8-10H2,1-5H3. The van der Waals surface area contributed by atoms with Crippen LogP contribution in [-0.4, -0.2) is 17.7 Å². The fraction of sp³-hybridized carbons (Fsp3) is 0.556. The van der Waals surface area contributed by atoms with Crippen LogP contribution in [0.5, 0.6) is 5.75 Å². The van der Waals surface area contributed by atoms with Gasteiger partial charge in [0.15, 0.2) is 11.3 Å². The summed E-state index contributed by atoms with van der Waals surface area (Å²) in [6.45, 7) is 11.7. The number of furan rings is 1. The van der Waals surface area contributed by atoms with Gasteiger partial charge in [-0.15, -0.1) is 0 Å². The number of benzene rings is 1. The summed E-state index contributed by atoms with van der Waals surface area (Å²) in [7, 11) is 0. The number of nitrogens with one attached hydrogen (secondary N) is 1. The largest absolute Gasteiger partial charge is 0.483 e. The molecule has 1 aromatic carbocycles. The van der Waals surface area contributed by atoms with Crippen molar-refractivity contribution in [2.75, 3.05) is 6.54 Å². The molecule has 2 aromatic rings. The second-order valence-electron chi connectivity index (χ2n) is 7.66. The van der Waals surface area contributed by atoms with Crippen molar-refractivity contribution in [2.24, 2.45) is 0 Å². The fourth-order valence-electron chi connectivity index (χ4n) is 2.95. The van der Waals surface area contributed by atoms with Crippen molar-refractivity contribution < 1.29 is 9.15 Å². The third kappa shape index (κ3) is 2.93. The van der Waals surface area contributed by atoms with Gasteiger partial charge in [-0.25, -0.2) is 0 Å². The average molecular weight is 287 g/mol. The van der Waals surface area contributed by atoms with E-state index < -0.39 is 0 Å². The van der Waals surface area contributed by atoms with Gasteiger partial charge in [0.1, 0.15) is 5.60 Å². The summed E-state index contributed by atoms with van der Waals surface area (Å²) in [6, 6.07) is 4.36. The zero-order chi connectivity index (χ0) is 15.3. The van der Waals surface area contributed by atoms with Gasteiger partial charge in [0, 0.05) is 22.9 Å². The minimum absolute atomic E-state index is 0.128. The Balaban J connectivity index is 1.85. The molecule has 0 saturated heterocycles. The van der Waals surface area contributed by atoms with Gasteiger partial charge in [-0.1, -0.05) is 12.1 Å². The van der Waals surface area contributed by atoms with Crippen molar-refractivity contribution in [2.45, 2.75) is 58.6 Å². The van der Waals surface area contributed by atoms with Crippen LogP contribution in [0.2, 0.25) is 0 Å². The maximum absolute atomic E-state index is 6.07. The Bertz CT molecular complexity index is 662. The lowest BCUT2D eigenvalue weighted by Crippen LogP contribution is -2.37. The molecular formula is C18H25NO2. The normalized spacial score (nSPS) is 17.0. The molecule has 1 aromatic heterocycles. The van der Waals surface area contributed by atoms with E-state index >= 15 is 0 Å². The van der Waals surface area contributed by atoms with E-state index in [4.69, 9.17) is 9.15 Å². The average Bonchev–Trinajstić information content (AvgIpc) is 2.86. The summed E-state index contributed by atoms with van der Waals surface area (Å²) in [5.74, 6) is 0.938. The van der Waals surface area contributed by atoms with Crippen LogP contribution in [0.3, 0.4) is 0 Å². The van der Waals surface area contributed by atoms with Gasteiger partial charge in [0.05, 0.1) is 6.26 Å². The molecule has 2 heterocycles. The summed E-state index contributed by atoms with van der Waals surface area (Å²) in [5.41, 5.74) is 3.42. The molecule has 1 N–H and O–H groups in total. The van der Waals surface area contributed by atoms with Crippen molar-refractivity contribution >= 4 is 11.0 Å². The molecule has 21 heavy (non-hydrogen) atoms. The third-order valence-electron chi connectivity index (χ3n) is 3.90. The molecule has 1 aliphatic rings. The van der Waals surface area contributed by atoms with E-state index in [0.717, 1.165) is 30.7 Å². The highest BCUT2D eigenvalue weighted by molar-refractivity contribution is 5.88. The summed E-state index contributed by atoms with van der Waals surface area (Å²) in [6.07, 6.45) is 3.79. The maximum Gasteiger partial charge on any atom is 0.176 e. The van der Waals surface area contributed by atoms with E-state index in [9.17, 15) is 0 Å². The molecule has 114 valence electrons. The quantitative estimate of drug-likeness (QED) is 0.923. The maximum atomic E-state index is 6.07. The van der Waals surface area contributed by atoms with E-state index in [-0.39, 0.29) is 11.1 Å². The minimum Gasteiger partial charge on any atom is -0.483 e. The monoisotopic (exact) mass is 287 g/mol. The van der Waals surface area contributed by atoms with E-state index in [1.807, 2.05) is 6.26 Å². The lowest BCUT2D eigenvalue weighted by molar-refractivity contribution is 0.139. The number of fused-ring (bicyclic) bond motifs is 3. The Morgan fingerprint density at radius 2 is 2.00 bits per heavy atom. The number of rotatable bonds is 3. The fourth-order valence-corrected chi connectivity index (χ4v) is 2.95. The molecular weight excluding hydrogens is 262 g/mol. The van der Waals surface area contributed by atoms with Crippen LogP contribution < -0.4 is 10.1 Å². The smallest absolute Gasteiger partial charge is 0.176 e. The van der Waals surface area contributed by atoms with E-state index in [1.54, 1.807) is 0 Å². The summed E-state index contributed by atoms with van der Waals surface area (Å²) >= 11 is 0. The highest BCUT2D eigenvalue weighted by Gasteiger charge is 2.32. The Hall–Kier alpha value is -1.48. The van der Waals surface area contributed by atoms with Gasteiger partial charge in [0.25, 0.3) is 0 Å². The lowest BCUT2D eigenvalue weighted by atomic mass is 10.0. The lowest BCUT2D eigenvalue weighted by Gasteiger charge is -2.20. The number of hydrogen-bond acceptors (Lipinski definition) is 3. The molecule has 3 nitrogen and oxygen atoms in total. The highest BCUT2D eigenvalue weighted by Crippen LogP contribution is 2.41. The predicted molar refractivity (Wildman–Crippen MR) is 86.1 cm³/mol. The molecule has 3 rings (SSSR count). The zero-order valence-corrected chi connectivity index (χ0v) is 13.7. The van der Waals surface area contributed by atoms with Crippen molar-refractivity contribution in [3.05, 3.63) is 29.5 Å². The van der Waals surface area contributed by atoms with Gasteiger partial charge >= 0.3 is 0 Å². The van der Waals surface area contributed by atoms with Crippen LogP contribution >= 0.6 is 0 Å². The number of ether oxygens (including phenoxy) is 1. The van der Waals surface area contributed by atoms with Gasteiger partial charge in [0.2, 0.25) is 0 Å². The molecule has 0 atom stereocenters. The molecule has 0 spiro atoms. The highest BCUT2D eigenvalue weighted by atomic mass is 16.5. The predicted octanol–water partition coefficient (Wildman–Crippen LogP) is 4.08. The van der Waals surface area contributed by atoms with Crippen LogP contribution in [0.15, 0.2) is 22.8 Å². The van der Waals surface area contributed by atoms with Crippen LogP contribution in [0, 0.1) is 0 Å². The van der Waals surface area contributed by atoms with Gasteiger partial charge < -0.3 is 14.5 Å². The second-order valence-corrected chi connectivity index (χ2v) is 7.66. The molecule has 0 unspecified atom stereocenters. The number of hydrogen-bond donors (Lipinski definition) is 1. The first-order valence-corrected chi connectivity index (χ1v) is 7.71. The first kappa shape index (κ1) is 14.5. The Morgan fingerprint density at radius 3 is 2.71 bits per heavy atom. The SMILES string of the molecule is CC(C)(C)NCCc1coc2c3c(ccc12)CC(C)(C)O3. The Kier molecular flexibility index (Phi) is 3.28. The van der Waals surface area contributed by atoms with Gasteiger partial charge in [-0.05, 0) is 53.1 Å². The van der Waals surface area contributed by atoms with Crippen molar-refractivity contribution in [1.29, 1.82) is 0 Å². The van der Waals surface area contributed by atoms with Crippen molar-refractivity contribution in [1.82, 2.24) is 5.32 Å². The van der Waals surface area contributed by atoms with Crippen LogP contribution in [0.4, 0.5) is 0 Å². The molecule has 1 aliphatic heterocycles. The van der Waals surface area contributed by atoms with E-state index in [1.165, 1.54) is 16.5 Å². The van der Waals surface area contributed by atoms with Gasteiger partial charge in [-0.3, -0.25) is 0 Å². The summed E-state index contributed by atoms with van der Waals surface area (Å²) in [5, 5.41) is 4.70. The first-order chi connectivity index (χ1) is 9.75. The summed E-state index contributed by atoms with van der Waals surface area (Å²) in [4.78, 5) is 0. The molecule has 3 heteroatoms. The molecule has 0 fully saturated rings. The van der Waals surface area contributed by atoms with Crippen LogP contribution in [0.1, 0.15) is 45.7 Å². The third-order valence-corrected chi connectivity index (χ3v) is 3.90. The minimum atomic E-state index is -0.128. The van der Waals surface area contributed by atoms with Crippen molar-refractivity contribution in [3.63, 3.8) is 0 Å². The van der Waals surface area contributed by atoms with E-state index in [0.29, 0.717) is 0 Å². The zero-order valence-electron chi connectivity index (χ0n) is 13.7. The van der Waals surface area contributed by atoms with Crippen molar-refractivity contribution in [3.8, 4) is 5.75 Å². The Morgan fingerprint density at radius 1 is 1.24 bits per heavy atom. The van der Waals surface area contributed by atoms with E-state index in [2.05, 4.69) is 52.1 Å². The van der Waals surface area contributed by atoms with Gasteiger partial charge in [-0.2, -0.15) is 0 Å². The molecule has 0 amide bonds. The molecule has 0 radical (unpaired) electrons. The molecule has 0 saturated carbocycles. The molecule has 0 aliphatic carbocycles. The first-order valence-electron chi connectivity index (χ1n) is 7.71. The van der Waals surface area contributed by atoms with Crippen LogP contribution in [-0.2, 0) is 12.8 Å². The van der Waals surface area contributed by atoms with Crippen LogP contribution in [0.25, 0.3) is 11.0 Å². The summed E-state index contributed by atoms with van der Waals surface area (Å²) < 4.78 is 11.9. The Labute approximate surface area is 126 Å². The topological polar surface area (TPSA) is 34.4 Å². The molecule has 0 bridgehead atoms.